The Balaban J connectivity index is 1.20. The Morgan fingerprint density at radius 3 is 1.29 bits per heavy atom. The molecule has 0 fully saturated rings. The normalized spacial score (nSPS) is 11.2. The van der Waals surface area contributed by atoms with Gasteiger partial charge in [0.1, 0.15) is 0 Å². The van der Waals surface area contributed by atoms with Crippen LogP contribution in [-0.2, 0) is 0 Å². The molecule has 0 radical (unpaired) electrons. The van der Waals surface area contributed by atoms with E-state index in [1.54, 1.807) is 0 Å². The number of para-hydroxylation sites is 2. The van der Waals surface area contributed by atoms with Crippen molar-refractivity contribution in [3.8, 4) is 50.2 Å². The zero-order valence-electron chi connectivity index (χ0n) is 30.8. The van der Waals surface area contributed by atoms with Crippen molar-refractivity contribution in [2.45, 2.75) is 0 Å². The van der Waals surface area contributed by atoms with Crippen LogP contribution in [-0.4, -0.2) is 4.57 Å². The molecule has 264 valence electrons. The molecule has 2 nitrogen and oxygen atoms in total. The van der Waals surface area contributed by atoms with Gasteiger partial charge in [0, 0.05) is 33.4 Å². The van der Waals surface area contributed by atoms with Crippen molar-refractivity contribution < 1.29 is 0 Å². The molecule has 0 saturated heterocycles. The number of anilines is 3. The lowest BCUT2D eigenvalue weighted by Crippen LogP contribution is -2.11. The number of benzene rings is 9. The van der Waals surface area contributed by atoms with Crippen LogP contribution in [0.1, 0.15) is 0 Å². The highest BCUT2D eigenvalue weighted by Gasteiger charge is 2.21. The lowest BCUT2D eigenvalue weighted by Gasteiger charge is -2.29. The highest BCUT2D eigenvalue weighted by atomic mass is 15.1. The van der Waals surface area contributed by atoms with Crippen molar-refractivity contribution in [2.75, 3.05) is 4.90 Å². The quantitative estimate of drug-likeness (QED) is 0.152. The Morgan fingerprint density at radius 1 is 0.286 bits per heavy atom. The van der Waals surface area contributed by atoms with Crippen LogP contribution in [0.5, 0.6) is 0 Å². The molecular formula is C54H38N2. The molecule has 0 amide bonds. The summed E-state index contributed by atoms with van der Waals surface area (Å²) in [6.45, 7) is 0. The fraction of sp³-hybridized carbons (Fsp3) is 0. The summed E-state index contributed by atoms with van der Waals surface area (Å²) >= 11 is 0. The Kier molecular flexibility index (Phi) is 8.55. The monoisotopic (exact) mass is 714 g/mol. The van der Waals surface area contributed by atoms with Crippen LogP contribution in [0.25, 0.3) is 72.0 Å². The van der Waals surface area contributed by atoms with Gasteiger partial charge in [-0.3, -0.25) is 0 Å². The molecule has 10 aromatic rings. The summed E-state index contributed by atoms with van der Waals surface area (Å²) in [5.41, 5.74) is 16.2. The van der Waals surface area contributed by atoms with E-state index in [9.17, 15) is 0 Å². The molecule has 0 aliphatic carbocycles. The second-order valence-electron chi connectivity index (χ2n) is 14.2. The van der Waals surface area contributed by atoms with Crippen molar-refractivity contribution in [1.82, 2.24) is 4.57 Å². The average molecular weight is 715 g/mol. The van der Waals surface area contributed by atoms with Crippen LogP contribution in [0.15, 0.2) is 231 Å². The Labute approximate surface area is 327 Å². The van der Waals surface area contributed by atoms with Crippen molar-refractivity contribution in [1.29, 1.82) is 0 Å². The van der Waals surface area contributed by atoms with Crippen LogP contribution in [0.3, 0.4) is 0 Å². The number of rotatable bonds is 8. The largest absolute Gasteiger partial charge is 0.310 e. The highest BCUT2D eigenvalue weighted by Crippen LogP contribution is 2.45. The number of hydrogen-bond donors (Lipinski definition) is 0. The lowest BCUT2D eigenvalue weighted by atomic mass is 9.95. The molecule has 0 aliphatic heterocycles. The van der Waals surface area contributed by atoms with Crippen LogP contribution >= 0.6 is 0 Å². The summed E-state index contributed by atoms with van der Waals surface area (Å²) < 4.78 is 2.40. The first-order valence-corrected chi connectivity index (χ1v) is 19.2. The van der Waals surface area contributed by atoms with E-state index in [1.807, 2.05) is 0 Å². The van der Waals surface area contributed by atoms with Gasteiger partial charge in [0.2, 0.25) is 0 Å². The molecule has 0 saturated carbocycles. The summed E-state index contributed by atoms with van der Waals surface area (Å²) in [5, 5.41) is 2.48. The zero-order chi connectivity index (χ0) is 37.3. The van der Waals surface area contributed by atoms with Gasteiger partial charge in [-0.1, -0.05) is 170 Å². The maximum absolute atomic E-state index is 2.41. The summed E-state index contributed by atoms with van der Waals surface area (Å²) in [4.78, 5) is 2.41. The summed E-state index contributed by atoms with van der Waals surface area (Å²) in [6.07, 6.45) is 0. The van der Waals surface area contributed by atoms with Crippen molar-refractivity contribution in [3.63, 3.8) is 0 Å². The zero-order valence-corrected chi connectivity index (χ0v) is 30.8. The van der Waals surface area contributed by atoms with Gasteiger partial charge in [-0.2, -0.15) is 0 Å². The van der Waals surface area contributed by atoms with E-state index in [4.69, 9.17) is 0 Å². The molecule has 10 rings (SSSR count). The number of aromatic nitrogens is 1. The predicted molar refractivity (Wildman–Crippen MR) is 237 cm³/mol. The van der Waals surface area contributed by atoms with E-state index in [0.717, 1.165) is 33.9 Å². The third kappa shape index (κ3) is 6.14. The molecule has 0 unspecified atom stereocenters. The molecule has 56 heavy (non-hydrogen) atoms. The van der Waals surface area contributed by atoms with E-state index in [2.05, 4.69) is 240 Å². The van der Waals surface area contributed by atoms with Crippen LogP contribution in [0.4, 0.5) is 17.1 Å². The standard InChI is InChI=1S/C54H38N2/c1-5-15-39(16-6-1)42-25-31-47(32-26-42)55(48-33-27-43(28-34-48)40-17-7-2-8-18-40)53-36-30-44(41-19-9-3-10-20-41)37-51(53)45-29-35-50-49-23-13-14-24-52(49)56(54(50)38-45)46-21-11-4-12-22-46/h1-38H. The number of hydrogen-bond acceptors (Lipinski definition) is 1. The molecule has 0 spiro atoms. The first-order chi connectivity index (χ1) is 27.8. The number of fused-ring (bicyclic) bond motifs is 3. The fourth-order valence-electron chi connectivity index (χ4n) is 8.06. The summed E-state index contributed by atoms with van der Waals surface area (Å²) in [6, 6.07) is 83.1. The predicted octanol–water partition coefficient (Wildman–Crippen LogP) is 14.9. The van der Waals surface area contributed by atoms with Gasteiger partial charge in [-0.15, -0.1) is 0 Å². The maximum Gasteiger partial charge on any atom is 0.0547 e. The maximum atomic E-state index is 2.41. The van der Waals surface area contributed by atoms with Crippen LogP contribution in [0.2, 0.25) is 0 Å². The first kappa shape index (κ1) is 33.2. The topological polar surface area (TPSA) is 8.17 Å². The smallest absolute Gasteiger partial charge is 0.0547 e. The average Bonchev–Trinajstić information content (AvgIpc) is 3.62. The third-order valence-electron chi connectivity index (χ3n) is 10.8. The Hall–Kier alpha value is -7.42. The molecule has 0 N–H and O–H groups in total. The molecule has 1 aromatic heterocycles. The second kappa shape index (κ2) is 14.4. The SMILES string of the molecule is c1ccc(-c2ccc(N(c3ccc(-c4ccccc4)cc3)c3ccc(-c4ccccc4)cc3-c3ccc4c5ccccc5n(-c5ccccc5)c4c3)cc2)cc1. The Bertz CT molecular complexity index is 2830. The fourth-order valence-corrected chi connectivity index (χ4v) is 8.06. The molecule has 0 aliphatic rings. The minimum Gasteiger partial charge on any atom is -0.310 e. The van der Waals surface area contributed by atoms with Gasteiger partial charge < -0.3 is 9.47 Å². The highest BCUT2D eigenvalue weighted by molar-refractivity contribution is 6.10. The van der Waals surface area contributed by atoms with Crippen molar-refractivity contribution in [3.05, 3.63) is 231 Å². The van der Waals surface area contributed by atoms with E-state index in [0.29, 0.717) is 0 Å². The van der Waals surface area contributed by atoms with E-state index in [1.165, 1.54) is 55.2 Å². The molecule has 0 bridgehead atoms. The van der Waals surface area contributed by atoms with Gasteiger partial charge in [0.25, 0.3) is 0 Å². The molecule has 1 heterocycles. The number of nitrogens with zero attached hydrogens (tertiary/aromatic N) is 2. The minimum atomic E-state index is 1.09. The van der Waals surface area contributed by atoms with Gasteiger partial charge in [-0.25, -0.2) is 0 Å². The van der Waals surface area contributed by atoms with E-state index >= 15 is 0 Å². The minimum absolute atomic E-state index is 1.09. The second-order valence-corrected chi connectivity index (χ2v) is 14.2. The molecule has 9 aromatic carbocycles. The van der Waals surface area contributed by atoms with Gasteiger partial charge >= 0.3 is 0 Å². The van der Waals surface area contributed by atoms with Gasteiger partial charge in [-0.05, 0) is 99.6 Å². The van der Waals surface area contributed by atoms with Gasteiger partial charge in [0.05, 0.1) is 16.7 Å². The molecular weight excluding hydrogens is 677 g/mol. The van der Waals surface area contributed by atoms with E-state index < -0.39 is 0 Å². The van der Waals surface area contributed by atoms with E-state index in [-0.39, 0.29) is 0 Å². The third-order valence-corrected chi connectivity index (χ3v) is 10.8. The molecule has 0 atom stereocenters. The summed E-state index contributed by atoms with van der Waals surface area (Å²) in [7, 11) is 0. The van der Waals surface area contributed by atoms with Gasteiger partial charge in [0.15, 0.2) is 0 Å². The lowest BCUT2D eigenvalue weighted by molar-refractivity contribution is 1.18. The van der Waals surface area contributed by atoms with Crippen molar-refractivity contribution >= 4 is 38.9 Å². The first-order valence-electron chi connectivity index (χ1n) is 19.2. The van der Waals surface area contributed by atoms with Crippen LogP contribution < -0.4 is 4.90 Å². The summed E-state index contributed by atoms with van der Waals surface area (Å²) in [5.74, 6) is 0. The Morgan fingerprint density at radius 2 is 0.714 bits per heavy atom. The van der Waals surface area contributed by atoms with Crippen molar-refractivity contribution in [2.24, 2.45) is 0 Å². The van der Waals surface area contributed by atoms with Crippen LogP contribution in [0, 0.1) is 0 Å². The molecule has 2 heteroatoms.